The second kappa shape index (κ2) is 6.74. The van der Waals surface area contributed by atoms with Crippen molar-refractivity contribution in [3.63, 3.8) is 0 Å². The van der Waals surface area contributed by atoms with E-state index < -0.39 is 30.3 Å². The van der Waals surface area contributed by atoms with Crippen LogP contribution >= 0.6 is 15.9 Å². The number of amides is 1. The summed E-state index contributed by atoms with van der Waals surface area (Å²) in [7, 11) is 0. The lowest BCUT2D eigenvalue weighted by Crippen LogP contribution is -2.39. The van der Waals surface area contributed by atoms with Gasteiger partial charge in [0.2, 0.25) is 0 Å². The van der Waals surface area contributed by atoms with Crippen molar-refractivity contribution in [2.45, 2.75) is 24.3 Å². The molecule has 1 N–H and O–H groups in total. The lowest BCUT2D eigenvalue weighted by molar-refractivity contribution is -0.157. The summed E-state index contributed by atoms with van der Waals surface area (Å²) in [4.78, 5) is 48.0. The van der Waals surface area contributed by atoms with Crippen LogP contribution in [0.1, 0.15) is 23.7 Å². The summed E-state index contributed by atoms with van der Waals surface area (Å²) in [5.74, 6) is -2.50. The van der Waals surface area contributed by atoms with E-state index in [-0.39, 0.29) is 34.5 Å². The van der Waals surface area contributed by atoms with Gasteiger partial charge in [-0.25, -0.2) is 0 Å². The number of ketones is 1. The molecule has 0 unspecified atom stereocenters. The molecule has 142 valence electrons. The highest BCUT2D eigenvalue weighted by molar-refractivity contribution is 9.09. The number of halogens is 1. The molecule has 1 amide bonds. The van der Waals surface area contributed by atoms with Crippen LogP contribution in [0, 0.1) is 23.7 Å². The minimum absolute atomic E-state index is 0.0146. The number of fused-ring (bicyclic) bond motifs is 1. The Labute approximate surface area is 163 Å². The molecule has 6 atom stereocenters. The third-order valence-electron chi connectivity index (χ3n) is 5.69. The molecule has 3 aliphatic rings. The standard InChI is InChI=1S/C19H18BrNO6/c1-8(22)9-3-2-4-10(5-9)21-13(23)7-26-18(24)14-11-6-12-15(14)19(25)27-17(12)16(11)20/h2-5,11-12,14-17H,6-7H2,1H3,(H,21,23)/t11-,12-,14-,15+,16+,17+/m1/s1. The van der Waals surface area contributed by atoms with Crippen LogP contribution in [0.5, 0.6) is 0 Å². The molecule has 2 saturated carbocycles. The van der Waals surface area contributed by atoms with Gasteiger partial charge in [0.1, 0.15) is 6.10 Å². The number of hydrogen-bond acceptors (Lipinski definition) is 6. The first-order valence-corrected chi connectivity index (χ1v) is 9.70. The third kappa shape index (κ3) is 3.05. The molecular weight excluding hydrogens is 418 g/mol. The Morgan fingerprint density at radius 2 is 2.07 bits per heavy atom. The van der Waals surface area contributed by atoms with Crippen molar-refractivity contribution in [1.82, 2.24) is 0 Å². The molecule has 7 nitrogen and oxygen atoms in total. The van der Waals surface area contributed by atoms with Crippen molar-refractivity contribution < 1.29 is 28.7 Å². The summed E-state index contributed by atoms with van der Waals surface area (Å²) in [6, 6.07) is 6.51. The molecule has 1 heterocycles. The molecular formula is C19H18BrNO6. The van der Waals surface area contributed by atoms with Crippen molar-refractivity contribution in [3.8, 4) is 0 Å². The molecule has 3 fully saturated rings. The molecule has 1 aromatic rings. The van der Waals surface area contributed by atoms with Gasteiger partial charge in [-0.3, -0.25) is 19.2 Å². The number of benzene rings is 1. The van der Waals surface area contributed by atoms with E-state index in [0.29, 0.717) is 11.3 Å². The fourth-order valence-electron chi connectivity index (χ4n) is 4.54. The minimum Gasteiger partial charge on any atom is -0.461 e. The number of alkyl halides is 1. The number of rotatable bonds is 5. The zero-order valence-electron chi connectivity index (χ0n) is 14.5. The van der Waals surface area contributed by atoms with Gasteiger partial charge >= 0.3 is 11.9 Å². The van der Waals surface area contributed by atoms with Crippen LogP contribution in [0.2, 0.25) is 0 Å². The topological polar surface area (TPSA) is 98.8 Å². The number of carbonyl (C=O) groups is 4. The maximum Gasteiger partial charge on any atom is 0.310 e. The second-order valence-electron chi connectivity index (χ2n) is 7.25. The van der Waals surface area contributed by atoms with Crippen LogP contribution in [0.3, 0.4) is 0 Å². The minimum atomic E-state index is -0.570. The van der Waals surface area contributed by atoms with Gasteiger partial charge in [-0.05, 0) is 31.4 Å². The fourth-order valence-corrected chi connectivity index (χ4v) is 5.58. The molecule has 27 heavy (non-hydrogen) atoms. The zero-order valence-corrected chi connectivity index (χ0v) is 16.1. The molecule has 4 rings (SSSR count). The van der Waals surface area contributed by atoms with Crippen LogP contribution in [-0.4, -0.2) is 41.2 Å². The van der Waals surface area contributed by atoms with Gasteiger partial charge in [0, 0.05) is 17.2 Å². The second-order valence-corrected chi connectivity index (χ2v) is 8.31. The van der Waals surface area contributed by atoms with Crippen molar-refractivity contribution in [2.75, 3.05) is 11.9 Å². The number of esters is 2. The summed E-state index contributed by atoms with van der Waals surface area (Å²) < 4.78 is 10.6. The predicted octanol–water partition coefficient (Wildman–Crippen LogP) is 1.94. The van der Waals surface area contributed by atoms with Gasteiger partial charge in [-0.2, -0.15) is 0 Å². The Kier molecular flexibility index (Phi) is 4.53. The summed E-state index contributed by atoms with van der Waals surface area (Å²) in [5.41, 5.74) is 0.927. The van der Waals surface area contributed by atoms with Crippen molar-refractivity contribution in [3.05, 3.63) is 29.8 Å². The van der Waals surface area contributed by atoms with E-state index in [1.54, 1.807) is 24.3 Å². The van der Waals surface area contributed by atoms with Gasteiger partial charge in [0.15, 0.2) is 12.4 Å². The molecule has 1 aromatic carbocycles. The summed E-state index contributed by atoms with van der Waals surface area (Å²) in [5, 5.41) is 2.60. The highest BCUT2D eigenvalue weighted by atomic mass is 79.9. The summed E-state index contributed by atoms with van der Waals surface area (Å²) in [6.07, 6.45) is 0.592. The SMILES string of the molecule is CC(=O)c1cccc(NC(=O)COC(=O)[C@@H]2[C@H]3C[C@H]4[C@H](OC(=O)[C@@H]42)[C@H]3Br)c1. The van der Waals surface area contributed by atoms with E-state index in [1.165, 1.54) is 6.92 Å². The normalized spacial score (nSPS) is 32.9. The fraction of sp³-hybridized carbons (Fsp3) is 0.474. The quantitative estimate of drug-likeness (QED) is 0.431. The smallest absolute Gasteiger partial charge is 0.310 e. The number of nitrogens with one attached hydrogen (secondary N) is 1. The van der Waals surface area contributed by atoms with Crippen LogP contribution in [0.25, 0.3) is 0 Å². The van der Waals surface area contributed by atoms with Crippen LogP contribution < -0.4 is 5.32 Å². The molecule has 8 heteroatoms. The molecule has 2 aliphatic carbocycles. The number of hydrogen-bond donors (Lipinski definition) is 1. The lowest BCUT2D eigenvalue weighted by Gasteiger charge is -2.26. The molecule has 2 bridgehead atoms. The lowest BCUT2D eigenvalue weighted by atomic mass is 9.80. The van der Waals surface area contributed by atoms with Gasteiger partial charge in [0.05, 0.1) is 16.7 Å². The Balaban J connectivity index is 1.36. The first-order valence-electron chi connectivity index (χ1n) is 8.79. The van der Waals surface area contributed by atoms with E-state index in [1.807, 2.05) is 0 Å². The highest BCUT2D eigenvalue weighted by Gasteiger charge is 2.68. The zero-order chi connectivity index (χ0) is 19.3. The summed E-state index contributed by atoms with van der Waals surface area (Å²) in [6.45, 7) is 0.989. The number of carbonyl (C=O) groups excluding carboxylic acids is 4. The van der Waals surface area contributed by atoms with E-state index in [9.17, 15) is 19.2 Å². The predicted molar refractivity (Wildman–Crippen MR) is 97.2 cm³/mol. The Hall–Kier alpha value is -2.22. The van der Waals surface area contributed by atoms with Crippen molar-refractivity contribution in [2.24, 2.45) is 23.7 Å². The summed E-state index contributed by atoms with van der Waals surface area (Å²) >= 11 is 3.54. The molecule has 0 spiro atoms. The maximum atomic E-state index is 12.5. The average Bonchev–Trinajstić information content (AvgIpc) is 3.24. The van der Waals surface area contributed by atoms with Crippen LogP contribution in [0.15, 0.2) is 24.3 Å². The molecule has 0 radical (unpaired) electrons. The van der Waals surface area contributed by atoms with Gasteiger partial charge < -0.3 is 14.8 Å². The largest absolute Gasteiger partial charge is 0.461 e. The Morgan fingerprint density at radius 1 is 1.30 bits per heavy atom. The van der Waals surface area contributed by atoms with Gasteiger partial charge in [0.25, 0.3) is 5.91 Å². The Bertz CT molecular complexity index is 839. The van der Waals surface area contributed by atoms with E-state index in [2.05, 4.69) is 21.2 Å². The number of Topliss-reactive ketones (excluding diaryl/α,β-unsaturated/α-hetero) is 1. The number of anilines is 1. The highest BCUT2D eigenvalue weighted by Crippen LogP contribution is 2.60. The van der Waals surface area contributed by atoms with E-state index >= 15 is 0 Å². The molecule has 0 aromatic heterocycles. The molecule has 1 saturated heterocycles. The van der Waals surface area contributed by atoms with Crippen molar-refractivity contribution >= 4 is 45.2 Å². The van der Waals surface area contributed by atoms with E-state index in [0.717, 1.165) is 6.42 Å². The maximum absolute atomic E-state index is 12.5. The first-order chi connectivity index (χ1) is 12.9. The monoisotopic (exact) mass is 435 g/mol. The Morgan fingerprint density at radius 3 is 2.81 bits per heavy atom. The van der Waals surface area contributed by atoms with Gasteiger partial charge in [-0.15, -0.1) is 0 Å². The van der Waals surface area contributed by atoms with Crippen LogP contribution in [0.4, 0.5) is 5.69 Å². The van der Waals surface area contributed by atoms with Gasteiger partial charge in [-0.1, -0.05) is 28.1 Å². The van der Waals surface area contributed by atoms with Crippen LogP contribution in [-0.2, 0) is 23.9 Å². The molecule has 1 aliphatic heterocycles. The third-order valence-corrected chi connectivity index (χ3v) is 6.89. The average molecular weight is 436 g/mol. The van der Waals surface area contributed by atoms with E-state index in [4.69, 9.17) is 9.47 Å². The van der Waals surface area contributed by atoms with Crippen molar-refractivity contribution in [1.29, 1.82) is 0 Å². The number of ether oxygens (including phenoxy) is 2. The first kappa shape index (κ1) is 18.2.